The monoisotopic (exact) mass is 235 g/mol. The summed E-state index contributed by atoms with van der Waals surface area (Å²) in [5.41, 5.74) is 1.06. The Kier molecular flexibility index (Phi) is 3.94. The molecule has 2 rings (SSSR count). The fraction of sp³-hybridized carbons (Fsp3) is 0.692. The largest absolute Gasteiger partial charge is 0.393 e. The van der Waals surface area contributed by atoms with Gasteiger partial charge in [0.25, 0.3) is 0 Å². The lowest BCUT2D eigenvalue weighted by Gasteiger charge is -2.12. The molecule has 2 atom stereocenters. The third-order valence-corrected chi connectivity index (χ3v) is 3.37. The van der Waals surface area contributed by atoms with E-state index in [0.717, 1.165) is 37.3 Å². The molecular formula is C13H21N3O. The number of hydrogen-bond donors (Lipinski definition) is 2. The van der Waals surface area contributed by atoms with E-state index in [9.17, 15) is 5.11 Å². The van der Waals surface area contributed by atoms with Crippen molar-refractivity contribution < 1.29 is 5.11 Å². The van der Waals surface area contributed by atoms with Gasteiger partial charge in [0.2, 0.25) is 0 Å². The summed E-state index contributed by atoms with van der Waals surface area (Å²) >= 11 is 0. The van der Waals surface area contributed by atoms with E-state index in [4.69, 9.17) is 0 Å². The van der Waals surface area contributed by atoms with E-state index in [-0.39, 0.29) is 6.10 Å². The molecule has 17 heavy (non-hydrogen) atoms. The van der Waals surface area contributed by atoms with Crippen LogP contribution < -0.4 is 5.32 Å². The normalized spacial score (nSPS) is 24.2. The van der Waals surface area contributed by atoms with Gasteiger partial charge in [-0.2, -0.15) is 0 Å². The maximum absolute atomic E-state index is 9.46. The molecule has 1 saturated carbocycles. The van der Waals surface area contributed by atoms with Gasteiger partial charge in [-0.15, -0.1) is 0 Å². The Labute approximate surface area is 102 Å². The van der Waals surface area contributed by atoms with Crippen molar-refractivity contribution in [3.05, 3.63) is 18.1 Å². The SMILES string of the molecule is CC(C)c1cc(NCC2CCC(O)C2)ncn1. The van der Waals surface area contributed by atoms with Gasteiger partial charge in [0.1, 0.15) is 12.1 Å². The molecule has 0 spiro atoms. The lowest BCUT2D eigenvalue weighted by molar-refractivity contribution is 0.178. The Bertz CT molecular complexity index is 367. The maximum atomic E-state index is 9.46. The van der Waals surface area contributed by atoms with Crippen LogP contribution in [0.25, 0.3) is 0 Å². The van der Waals surface area contributed by atoms with Crippen LogP contribution in [0.1, 0.15) is 44.7 Å². The van der Waals surface area contributed by atoms with Crippen molar-refractivity contribution in [3.63, 3.8) is 0 Å². The minimum Gasteiger partial charge on any atom is -0.393 e. The lowest BCUT2D eigenvalue weighted by Crippen LogP contribution is -2.13. The second-order valence-corrected chi connectivity index (χ2v) is 5.20. The zero-order valence-electron chi connectivity index (χ0n) is 10.6. The third-order valence-electron chi connectivity index (χ3n) is 3.37. The van der Waals surface area contributed by atoms with E-state index in [0.29, 0.717) is 11.8 Å². The summed E-state index contributed by atoms with van der Waals surface area (Å²) in [7, 11) is 0. The van der Waals surface area contributed by atoms with Crippen LogP contribution in [0, 0.1) is 5.92 Å². The second-order valence-electron chi connectivity index (χ2n) is 5.20. The minimum absolute atomic E-state index is 0.0987. The van der Waals surface area contributed by atoms with Crippen molar-refractivity contribution in [1.82, 2.24) is 9.97 Å². The highest BCUT2D eigenvalue weighted by molar-refractivity contribution is 5.35. The Morgan fingerprint density at radius 1 is 1.41 bits per heavy atom. The third kappa shape index (κ3) is 3.40. The molecule has 1 aliphatic carbocycles. The zero-order valence-corrected chi connectivity index (χ0v) is 10.6. The first-order chi connectivity index (χ1) is 8.15. The number of aromatic nitrogens is 2. The highest BCUT2D eigenvalue weighted by atomic mass is 16.3. The number of anilines is 1. The number of nitrogens with zero attached hydrogens (tertiary/aromatic N) is 2. The van der Waals surface area contributed by atoms with Gasteiger partial charge in [-0.3, -0.25) is 0 Å². The Hall–Kier alpha value is -1.16. The van der Waals surface area contributed by atoms with Crippen LogP contribution in [0.15, 0.2) is 12.4 Å². The summed E-state index contributed by atoms with van der Waals surface area (Å²) in [6.07, 6.45) is 4.47. The summed E-state index contributed by atoms with van der Waals surface area (Å²) in [6.45, 7) is 5.14. The summed E-state index contributed by atoms with van der Waals surface area (Å²) in [6, 6.07) is 2.01. The molecule has 94 valence electrons. The standard InChI is InChI=1S/C13H21N3O/c1-9(2)12-6-13(16-8-15-12)14-7-10-3-4-11(17)5-10/h6,8-11,17H,3-5,7H2,1-2H3,(H,14,15,16). The molecular weight excluding hydrogens is 214 g/mol. The first-order valence-electron chi connectivity index (χ1n) is 6.39. The van der Waals surface area contributed by atoms with Gasteiger partial charge in [-0.25, -0.2) is 9.97 Å². The molecule has 0 aromatic carbocycles. The van der Waals surface area contributed by atoms with Crippen LogP contribution in [0.2, 0.25) is 0 Å². The molecule has 1 heterocycles. The molecule has 0 amide bonds. The molecule has 1 aliphatic rings. The number of aliphatic hydroxyl groups is 1. The average Bonchev–Trinajstić information content (AvgIpc) is 2.73. The Balaban J connectivity index is 1.88. The molecule has 1 aromatic rings. The van der Waals surface area contributed by atoms with Crippen molar-refractivity contribution in [1.29, 1.82) is 0 Å². The lowest BCUT2D eigenvalue weighted by atomic mass is 10.1. The van der Waals surface area contributed by atoms with Gasteiger partial charge in [0.05, 0.1) is 6.10 Å². The minimum atomic E-state index is -0.0987. The molecule has 4 nitrogen and oxygen atoms in total. The summed E-state index contributed by atoms with van der Waals surface area (Å²) in [4.78, 5) is 8.46. The van der Waals surface area contributed by atoms with Gasteiger partial charge in [0, 0.05) is 18.3 Å². The molecule has 0 bridgehead atoms. The van der Waals surface area contributed by atoms with E-state index in [1.54, 1.807) is 6.33 Å². The fourth-order valence-electron chi connectivity index (χ4n) is 2.27. The van der Waals surface area contributed by atoms with Crippen LogP contribution in [-0.4, -0.2) is 27.7 Å². The van der Waals surface area contributed by atoms with Crippen LogP contribution in [0.3, 0.4) is 0 Å². The van der Waals surface area contributed by atoms with Crippen molar-refractivity contribution in [3.8, 4) is 0 Å². The molecule has 2 unspecified atom stereocenters. The van der Waals surface area contributed by atoms with E-state index in [1.165, 1.54) is 0 Å². The van der Waals surface area contributed by atoms with Crippen molar-refractivity contribution in [2.45, 2.75) is 45.1 Å². The van der Waals surface area contributed by atoms with Gasteiger partial charge in [-0.05, 0) is 31.1 Å². The fourth-order valence-corrected chi connectivity index (χ4v) is 2.27. The Morgan fingerprint density at radius 2 is 2.24 bits per heavy atom. The molecule has 0 radical (unpaired) electrons. The highest BCUT2D eigenvalue weighted by Crippen LogP contribution is 2.25. The van der Waals surface area contributed by atoms with Crippen LogP contribution in [0.4, 0.5) is 5.82 Å². The molecule has 0 aliphatic heterocycles. The van der Waals surface area contributed by atoms with Gasteiger partial charge in [-0.1, -0.05) is 13.8 Å². The number of aliphatic hydroxyl groups excluding tert-OH is 1. The van der Waals surface area contributed by atoms with E-state index >= 15 is 0 Å². The van der Waals surface area contributed by atoms with Gasteiger partial charge in [0.15, 0.2) is 0 Å². The van der Waals surface area contributed by atoms with Crippen LogP contribution >= 0.6 is 0 Å². The molecule has 4 heteroatoms. The predicted octanol–water partition coefficient (Wildman–Crippen LogP) is 2.17. The van der Waals surface area contributed by atoms with Crippen LogP contribution in [-0.2, 0) is 0 Å². The van der Waals surface area contributed by atoms with Crippen molar-refractivity contribution >= 4 is 5.82 Å². The number of rotatable bonds is 4. The van der Waals surface area contributed by atoms with E-state index in [1.807, 2.05) is 6.07 Å². The zero-order chi connectivity index (χ0) is 12.3. The topological polar surface area (TPSA) is 58.0 Å². The molecule has 1 fully saturated rings. The molecule has 1 aromatic heterocycles. The average molecular weight is 235 g/mol. The van der Waals surface area contributed by atoms with Crippen molar-refractivity contribution in [2.75, 3.05) is 11.9 Å². The van der Waals surface area contributed by atoms with Gasteiger partial charge >= 0.3 is 0 Å². The number of hydrogen-bond acceptors (Lipinski definition) is 4. The van der Waals surface area contributed by atoms with Gasteiger partial charge < -0.3 is 10.4 Å². The quantitative estimate of drug-likeness (QED) is 0.839. The number of nitrogens with one attached hydrogen (secondary N) is 1. The summed E-state index contributed by atoms with van der Waals surface area (Å²) in [5, 5.41) is 12.8. The van der Waals surface area contributed by atoms with E-state index in [2.05, 4.69) is 29.1 Å². The van der Waals surface area contributed by atoms with Crippen molar-refractivity contribution in [2.24, 2.45) is 5.92 Å². The molecule has 2 N–H and O–H groups in total. The summed E-state index contributed by atoms with van der Waals surface area (Å²) in [5.74, 6) is 1.89. The maximum Gasteiger partial charge on any atom is 0.129 e. The first-order valence-corrected chi connectivity index (χ1v) is 6.39. The summed E-state index contributed by atoms with van der Waals surface area (Å²) < 4.78 is 0. The first kappa shape index (κ1) is 12.3. The van der Waals surface area contributed by atoms with Crippen LogP contribution in [0.5, 0.6) is 0 Å². The smallest absolute Gasteiger partial charge is 0.129 e. The predicted molar refractivity (Wildman–Crippen MR) is 68.0 cm³/mol. The molecule has 0 saturated heterocycles. The second kappa shape index (κ2) is 5.45. The Morgan fingerprint density at radius 3 is 2.88 bits per heavy atom. The highest BCUT2D eigenvalue weighted by Gasteiger charge is 2.22. The van der Waals surface area contributed by atoms with E-state index < -0.39 is 0 Å².